The van der Waals surface area contributed by atoms with Gasteiger partial charge in [-0.3, -0.25) is 0 Å². The number of hydrogen-bond acceptors (Lipinski definition) is 4. The summed E-state index contributed by atoms with van der Waals surface area (Å²) < 4.78 is 4.33. The maximum absolute atomic E-state index is 8.25. The normalized spacial score (nSPS) is 13.0. The van der Waals surface area contributed by atoms with E-state index in [0.29, 0.717) is 0 Å². The van der Waals surface area contributed by atoms with Crippen LogP contribution >= 0.6 is 8.60 Å². The Balaban J connectivity index is 0. The van der Waals surface area contributed by atoms with Crippen molar-refractivity contribution in [3.8, 4) is 0 Å². The van der Waals surface area contributed by atoms with E-state index in [1.165, 1.54) is 0 Å². The Hall–Kier alpha value is 1.27. The van der Waals surface area contributed by atoms with Crippen molar-refractivity contribution in [2.24, 2.45) is 0 Å². The molecule has 4 nitrogen and oxygen atoms in total. The topological polar surface area (TPSA) is 69.9 Å². The van der Waals surface area contributed by atoms with Crippen LogP contribution in [0, 0.1) is 0 Å². The molecule has 0 aromatic rings. The van der Waals surface area contributed by atoms with Crippen molar-refractivity contribution in [2.45, 2.75) is 13.0 Å². The zero-order valence-corrected chi connectivity index (χ0v) is 8.38. The molecule has 6 heteroatoms. The van der Waals surface area contributed by atoms with Crippen molar-refractivity contribution >= 4 is 38.2 Å². The van der Waals surface area contributed by atoms with E-state index >= 15 is 0 Å². The molecular weight excluding hydrogens is 154 g/mol. The van der Waals surface area contributed by atoms with Gasteiger partial charge in [-0.05, 0) is 6.92 Å². The molecule has 0 aliphatic carbocycles. The van der Waals surface area contributed by atoms with Crippen LogP contribution in [-0.2, 0) is 4.52 Å². The smallest absolute Gasteiger partial charge is 0.327 e. The molecule has 0 bridgehead atoms. The molecule has 0 heterocycles. The summed E-state index contributed by atoms with van der Waals surface area (Å²) in [4.78, 5) is 16.3. The van der Waals surface area contributed by atoms with Gasteiger partial charge in [0.05, 0.1) is 12.7 Å². The zero-order chi connectivity index (χ0) is 6.57. The van der Waals surface area contributed by atoms with E-state index in [4.69, 9.17) is 14.9 Å². The van der Waals surface area contributed by atoms with E-state index in [2.05, 4.69) is 4.52 Å². The molecule has 0 rings (SSSR count). The first-order chi connectivity index (χ1) is 3.66. The van der Waals surface area contributed by atoms with Gasteiger partial charge in [0, 0.05) is 29.6 Å². The fourth-order valence-electron chi connectivity index (χ4n) is 0.194. The monoisotopic (exact) mass is 163 g/mol. The van der Waals surface area contributed by atoms with Crippen LogP contribution in [0.15, 0.2) is 0 Å². The molecule has 1 unspecified atom stereocenters. The summed E-state index contributed by atoms with van der Waals surface area (Å²) in [6, 6.07) is 0. The van der Waals surface area contributed by atoms with Gasteiger partial charge in [0.2, 0.25) is 0 Å². The SMILES string of the molecule is CC(CO)OP(O)O.[Na]. The largest absolute Gasteiger partial charge is 0.394 e. The molecule has 0 spiro atoms. The molecule has 0 aliphatic heterocycles. The Morgan fingerprint density at radius 2 is 2.00 bits per heavy atom. The predicted octanol–water partition coefficient (Wildman–Crippen LogP) is -0.786. The Morgan fingerprint density at radius 1 is 1.56 bits per heavy atom. The minimum absolute atomic E-state index is 0. The molecule has 0 aliphatic rings. The van der Waals surface area contributed by atoms with Gasteiger partial charge in [-0.15, -0.1) is 0 Å². The van der Waals surface area contributed by atoms with Crippen LogP contribution < -0.4 is 0 Å². The molecule has 0 saturated carbocycles. The number of aliphatic hydroxyl groups is 1. The van der Waals surface area contributed by atoms with Crippen LogP contribution in [-0.4, -0.2) is 57.2 Å². The van der Waals surface area contributed by atoms with Gasteiger partial charge in [-0.2, -0.15) is 0 Å². The van der Waals surface area contributed by atoms with Crippen molar-refractivity contribution < 1.29 is 19.4 Å². The minimum Gasteiger partial charge on any atom is -0.394 e. The Bertz CT molecular complexity index is 61.8. The van der Waals surface area contributed by atoms with Crippen LogP contribution in [0.4, 0.5) is 0 Å². The second-order valence-electron chi connectivity index (χ2n) is 1.35. The number of hydrogen-bond donors (Lipinski definition) is 3. The minimum atomic E-state index is -2.31. The fourth-order valence-corrected chi connectivity index (χ4v) is 0.583. The van der Waals surface area contributed by atoms with Gasteiger partial charge >= 0.3 is 8.60 Å². The molecule has 9 heavy (non-hydrogen) atoms. The number of rotatable bonds is 3. The first-order valence-electron chi connectivity index (χ1n) is 2.12. The van der Waals surface area contributed by atoms with Crippen LogP contribution in [0.5, 0.6) is 0 Å². The van der Waals surface area contributed by atoms with E-state index in [0.717, 1.165) is 0 Å². The van der Waals surface area contributed by atoms with Crippen molar-refractivity contribution in [2.75, 3.05) is 6.61 Å². The number of aliphatic hydroxyl groups excluding tert-OH is 1. The third-order valence-electron chi connectivity index (χ3n) is 0.531. The van der Waals surface area contributed by atoms with Crippen molar-refractivity contribution in [3.05, 3.63) is 0 Å². The van der Waals surface area contributed by atoms with E-state index in [9.17, 15) is 0 Å². The van der Waals surface area contributed by atoms with E-state index in [1.807, 2.05) is 0 Å². The molecule has 0 saturated heterocycles. The van der Waals surface area contributed by atoms with Crippen LogP contribution in [0.25, 0.3) is 0 Å². The molecule has 3 N–H and O–H groups in total. The van der Waals surface area contributed by atoms with Crippen LogP contribution in [0.1, 0.15) is 6.92 Å². The maximum Gasteiger partial charge on any atom is 0.327 e. The van der Waals surface area contributed by atoms with Crippen LogP contribution in [0.2, 0.25) is 0 Å². The molecular formula is C3H9NaO4P. The van der Waals surface area contributed by atoms with E-state index in [-0.39, 0.29) is 36.2 Å². The predicted molar refractivity (Wildman–Crippen MR) is 34.7 cm³/mol. The molecule has 1 atom stereocenters. The summed E-state index contributed by atoms with van der Waals surface area (Å²) in [5.74, 6) is 0. The van der Waals surface area contributed by atoms with Gasteiger partial charge < -0.3 is 19.4 Å². The summed E-state index contributed by atoms with van der Waals surface area (Å²) in [5.41, 5.74) is 0. The molecule has 0 fully saturated rings. The summed E-state index contributed by atoms with van der Waals surface area (Å²) in [6.07, 6.45) is -0.490. The first-order valence-corrected chi connectivity index (χ1v) is 3.29. The van der Waals surface area contributed by atoms with Gasteiger partial charge in [-0.1, -0.05) is 0 Å². The van der Waals surface area contributed by atoms with Gasteiger partial charge in [-0.25, -0.2) is 0 Å². The molecule has 1 radical (unpaired) electrons. The molecule has 0 amide bonds. The summed E-state index contributed by atoms with van der Waals surface area (Å²) in [7, 11) is -2.31. The second-order valence-corrected chi connectivity index (χ2v) is 2.07. The quantitative estimate of drug-likeness (QED) is 0.377. The van der Waals surface area contributed by atoms with Gasteiger partial charge in [0.15, 0.2) is 0 Å². The second kappa shape index (κ2) is 7.38. The van der Waals surface area contributed by atoms with Crippen molar-refractivity contribution in [1.29, 1.82) is 0 Å². The fraction of sp³-hybridized carbons (Fsp3) is 1.00. The standard InChI is InChI=1S/C3H9O4P.Na/c1-3(2-4)7-8(5)6;/h3-6H,2H2,1H3;. The van der Waals surface area contributed by atoms with Crippen molar-refractivity contribution in [3.63, 3.8) is 0 Å². The molecule has 0 aromatic carbocycles. The average molecular weight is 163 g/mol. The Kier molecular flexibility index (Phi) is 10.6. The zero-order valence-electron chi connectivity index (χ0n) is 5.48. The Labute approximate surface area is 77.1 Å². The Morgan fingerprint density at radius 3 is 2.11 bits per heavy atom. The summed E-state index contributed by atoms with van der Waals surface area (Å²) >= 11 is 0. The van der Waals surface area contributed by atoms with E-state index in [1.54, 1.807) is 6.92 Å². The third kappa shape index (κ3) is 9.27. The average Bonchev–Trinajstić information content (AvgIpc) is 1.65. The molecule has 0 aromatic heterocycles. The molecule has 51 valence electrons. The van der Waals surface area contributed by atoms with Gasteiger partial charge in [0.1, 0.15) is 0 Å². The first kappa shape index (κ1) is 12.9. The van der Waals surface area contributed by atoms with Crippen LogP contribution in [0.3, 0.4) is 0 Å². The third-order valence-corrected chi connectivity index (χ3v) is 1.08. The van der Waals surface area contributed by atoms with E-state index < -0.39 is 14.7 Å². The summed E-state index contributed by atoms with van der Waals surface area (Å²) in [6.45, 7) is 1.35. The summed E-state index contributed by atoms with van der Waals surface area (Å²) in [5, 5.41) is 8.25. The van der Waals surface area contributed by atoms with Gasteiger partial charge in [0.25, 0.3) is 0 Å². The van der Waals surface area contributed by atoms with Crippen molar-refractivity contribution in [1.82, 2.24) is 0 Å². The maximum atomic E-state index is 8.25.